The van der Waals surface area contributed by atoms with Crippen molar-refractivity contribution in [2.24, 2.45) is 0 Å². The van der Waals surface area contributed by atoms with E-state index < -0.39 is 0 Å². The molecule has 0 saturated carbocycles. The maximum absolute atomic E-state index is 5.74. The van der Waals surface area contributed by atoms with Gasteiger partial charge in [-0.1, -0.05) is 37.6 Å². The smallest absolute Gasteiger partial charge is 0.123 e. The average molecular weight is 219 g/mol. The van der Waals surface area contributed by atoms with Crippen molar-refractivity contribution >= 4 is 0 Å². The van der Waals surface area contributed by atoms with E-state index in [-0.39, 0.29) is 0 Å². The average Bonchev–Trinajstić information content (AvgIpc) is 2.32. The maximum atomic E-state index is 5.74. The zero-order valence-corrected chi connectivity index (χ0v) is 10.0. The highest BCUT2D eigenvalue weighted by Crippen LogP contribution is 2.17. The highest BCUT2D eigenvalue weighted by atomic mass is 16.5. The molecule has 2 heteroatoms. The molecule has 0 aliphatic carbocycles. The number of hydrogen-bond acceptors (Lipinski definition) is 2. The Morgan fingerprint density at radius 1 is 1.38 bits per heavy atom. The fourth-order valence-corrected chi connectivity index (χ4v) is 1.43. The van der Waals surface area contributed by atoms with Crippen LogP contribution < -0.4 is 10.1 Å². The Morgan fingerprint density at radius 2 is 2.19 bits per heavy atom. The van der Waals surface area contributed by atoms with Crippen LogP contribution in [0.1, 0.15) is 25.3 Å². The minimum absolute atomic E-state index is 0.801. The molecule has 1 N–H and O–H groups in total. The van der Waals surface area contributed by atoms with Crippen molar-refractivity contribution in [1.82, 2.24) is 5.32 Å². The van der Waals surface area contributed by atoms with E-state index in [2.05, 4.69) is 24.9 Å². The van der Waals surface area contributed by atoms with Gasteiger partial charge in [0.25, 0.3) is 0 Å². The van der Waals surface area contributed by atoms with E-state index in [1.165, 1.54) is 5.56 Å². The van der Waals surface area contributed by atoms with Gasteiger partial charge in [0.2, 0.25) is 0 Å². The summed E-state index contributed by atoms with van der Waals surface area (Å²) < 4.78 is 5.74. The summed E-state index contributed by atoms with van der Waals surface area (Å²) in [5.41, 5.74) is 1.21. The first-order chi connectivity index (χ1) is 7.88. The normalized spacial score (nSPS) is 10.1. The van der Waals surface area contributed by atoms with Crippen molar-refractivity contribution < 1.29 is 4.74 Å². The lowest BCUT2D eigenvalue weighted by atomic mass is 10.2. The van der Waals surface area contributed by atoms with Crippen LogP contribution in [0.25, 0.3) is 0 Å². The molecule has 0 aromatic heterocycles. The Kier molecular flexibility index (Phi) is 6.35. The van der Waals surface area contributed by atoms with Crippen molar-refractivity contribution in [3.8, 4) is 5.75 Å². The van der Waals surface area contributed by atoms with Crippen LogP contribution in [-0.2, 0) is 6.54 Å². The second-order valence-electron chi connectivity index (χ2n) is 3.73. The van der Waals surface area contributed by atoms with Gasteiger partial charge in [0, 0.05) is 18.7 Å². The minimum Gasteiger partial charge on any atom is -0.493 e. The summed E-state index contributed by atoms with van der Waals surface area (Å²) in [5, 5.41) is 3.28. The van der Waals surface area contributed by atoms with Gasteiger partial charge in [-0.3, -0.25) is 0 Å². The van der Waals surface area contributed by atoms with Gasteiger partial charge in [-0.05, 0) is 12.5 Å². The molecular weight excluding hydrogens is 198 g/mol. The molecule has 0 bridgehead atoms. The van der Waals surface area contributed by atoms with Crippen LogP contribution in [0.2, 0.25) is 0 Å². The van der Waals surface area contributed by atoms with Crippen LogP contribution in [0.15, 0.2) is 36.9 Å². The summed E-state index contributed by atoms with van der Waals surface area (Å²) in [6.45, 7) is 8.30. The Balaban J connectivity index is 2.49. The molecule has 1 aromatic rings. The molecule has 0 aliphatic heterocycles. The van der Waals surface area contributed by atoms with E-state index in [1.54, 1.807) is 0 Å². The molecule has 16 heavy (non-hydrogen) atoms. The summed E-state index contributed by atoms with van der Waals surface area (Å²) in [5.74, 6) is 0.993. The zero-order valence-electron chi connectivity index (χ0n) is 10.0. The molecule has 1 rings (SSSR count). The highest BCUT2D eigenvalue weighted by molar-refractivity contribution is 5.33. The lowest BCUT2D eigenvalue weighted by molar-refractivity contribution is 0.305. The van der Waals surface area contributed by atoms with Crippen LogP contribution >= 0.6 is 0 Å². The molecule has 0 unspecified atom stereocenters. The SMILES string of the molecule is C=CCNCc1ccccc1OCCCC. The van der Waals surface area contributed by atoms with Crippen molar-refractivity contribution in [3.63, 3.8) is 0 Å². The van der Waals surface area contributed by atoms with Crippen LogP contribution in [0, 0.1) is 0 Å². The number of hydrogen-bond donors (Lipinski definition) is 1. The van der Waals surface area contributed by atoms with Gasteiger partial charge in [0.05, 0.1) is 6.61 Å². The molecule has 1 aromatic carbocycles. The van der Waals surface area contributed by atoms with Gasteiger partial charge in [-0.25, -0.2) is 0 Å². The second-order valence-corrected chi connectivity index (χ2v) is 3.73. The number of nitrogens with one attached hydrogen (secondary N) is 1. The van der Waals surface area contributed by atoms with Crippen molar-refractivity contribution in [1.29, 1.82) is 0 Å². The summed E-state index contributed by atoms with van der Waals surface area (Å²) in [7, 11) is 0. The van der Waals surface area contributed by atoms with E-state index >= 15 is 0 Å². The van der Waals surface area contributed by atoms with E-state index in [4.69, 9.17) is 4.74 Å². The third kappa shape index (κ3) is 4.49. The van der Waals surface area contributed by atoms with E-state index in [9.17, 15) is 0 Å². The highest BCUT2D eigenvalue weighted by Gasteiger charge is 2.01. The van der Waals surface area contributed by atoms with Gasteiger partial charge in [-0.15, -0.1) is 6.58 Å². The third-order valence-electron chi connectivity index (χ3n) is 2.33. The predicted molar refractivity (Wildman–Crippen MR) is 68.7 cm³/mol. The van der Waals surface area contributed by atoms with Gasteiger partial charge in [0.1, 0.15) is 5.75 Å². The summed E-state index contributed by atoms with van der Waals surface area (Å²) in [4.78, 5) is 0. The predicted octanol–water partition coefficient (Wildman–Crippen LogP) is 3.14. The molecule has 88 valence electrons. The molecule has 0 radical (unpaired) electrons. The van der Waals surface area contributed by atoms with E-state index in [1.807, 2.05) is 24.3 Å². The molecule has 0 aliphatic rings. The van der Waals surface area contributed by atoms with Crippen molar-refractivity contribution in [2.75, 3.05) is 13.2 Å². The third-order valence-corrected chi connectivity index (χ3v) is 2.33. The summed E-state index contributed by atoms with van der Waals surface area (Å²) >= 11 is 0. The van der Waals surface area contributed by atoms with E-state index in [0.29, 0.717) is 0 Å². The topological polar surface area (TPSA) is 21.3 Å². The number of benzene rings is 1. The molecule has 0 spiro atoms. The number of ether oxygens (including phenoxy) is 1. The maximum Gasteiger partial charge on any atom is 0.123 e. The number of unbranched alkanes of at least 4 members (excludes halogenated alkanes) is 1. The monoisotopic (exact) mass is 219 g/mol. The number of rotatable bonds is 8. The molecule has 0 heterocycles. The Hall–Kier alpha value is -1.28. The standard InChI is InChI=1S/C14H21NO/c1-3-5-11-16-14-9-7-6-8-13(14)12-15-10-4-2/h4,6-9,15H,2-3,5,10-12H2,1H3. The fraction of sp³-hybridized carbons (Fsp3) is 0.429. The Labute approximate surface area is 98.3 Å². The van der Waals surface area contributed by atoms with Gasteiger partial charge >= 0.3 is 0 Å². The van der Waals surface area contributed by atoms with Crippen LogP contribution in [0.3, 0.4) is 0 Å². The van der Waals surface area contributed by atoms with Crippen LogP contribution in [0.4, 0.5) is 0 Å². The quantitative estimate of drug-likeness (QED) is 0.535. The first kappa shape index (κ1) is 12.8. The van der Waals surface area contributed by atoms with Gasteiger partial charge in [-0.2, -0.15) is 0 Å². The first-order valence-electron chi connectivity index (χ1n) is 5.90. The zero-order chi connectivity index (χ0) is 11.6. The lowest BCUT2D eigenvalue weighted by Gasteiger charge is -2.11. The second kappa shape index (κ2) is 7.94. The van der Waals surface area contributed by atoms with Crippen molar-refractivity contribution in [3.05, 3.63) is 42.5 Å². The largest absolute Gasteiger partial charge is 0.493 e. The molecule has 0 amide bonds. The summed E-state index contributed by atoms with van der Waals surface area (Å²) in [6.07, 6.45) is 4.13. The first-order valence-corrected chi connectivity index (χ1v) is 5.90. The summed E-state index contributed by atoms with van der Waals surface area (Å²) in [6, 6.07) is 8.17. The Morgan fingerprint density at radius 3 is 2.94 bits per heavy atom. The molecule has 0 atom stereocenters. The number of para-hydroxylation sites is 1. The van der Waals surface area contributed by atoms with Crippen molar-refractivity contribution in [2.45, 2.75) is 26.3 Å². The van der Waals surface area contributed by atoms with Crippen LogP contribution in [-0.4, -0.2) is 13.2 Å². The fourth-order valence-electron chi connectivity index (χ4n) is 1.43. The molecule has 2 nitrogen and oxygen atoms in total. The lowest BCUT2D eigenvalue weighted by Crippen LogP contribution is -2.13. The molecule has 0 fully saturated rings. The minimum atomic E-state index is 0.801. The van der Waals surface area contributed by atoms with Gasteiger partial charge < -0.3 is 10.1 Å². The Bertz CT molecular complexity index is 309. The van der Waals surface area contributed by atoms with E-state index in [0.717, 1.165) is 38.3 Å². The van der Waals surface area contributed by atoms with Gasteiger partial charge in [0.15, 0.2) is 0 Å². The van der Waals surface area contributed by atoms with Crippen LogP contribution in [0.5, 0.6) is 5.75 Å². The molecular formula is C14H21NO. The molecule has 0 saturated heterocycles.